The van der Waals surface area contributed by atoms with Crippen molar-refractivity contribution in [3.63, 3.8) is 0 Å². The Kier molecular flexibility index (Phi) is 8.31. The molecule has 298 valence electrons. The zero-order valence-corrected chi connectivity index (χ0v) is 37.0. The Bertz CT molecular complexity index is 2750. The van der Waals surface area contributed by atoms with Crippen molar-refractivity contribution in [3.8, 4) is 11.1 Å². The van der Waals surface area contributed by atoms with Gasteiger partial charge in [0.05, 0.1) is 23.1 Å². The van der Waals surface area contributed by atoms with Crippen LogP contribution < -0.4 is 26.4 Å². The fourth-order valence-corrected chi connectivity index (χ4v) is 10.7. The minimum Gasteiger partial charge on any atom is -0.468 e. The molecule has 3 heterocycles. The van der Waals surface area contributed by atoms with Crippen LogP contribution in [-0.4, -0.2) is 12.8 Å². The van der Waals surface area contributed by atoms with Crippen molar-refractivity contribution in [1.29, 1.82) is 0 Å². The molecule has 0 radical (unpaired) electrons. The van der Waals surface area contributed by atoms with Gasteiger partial charge in [-0.1, -0.05) is 148 Å². The first-order valence-electron chi connectivity index (χ1n) is 22.0. The number of hydrogen-bond donors (Lipinski definition) is 0. The molecule has 0 spiro atoms. The Labute approximate surface area is 352 Å². The minimum absolute atomic E-state index is 0.0203. The Morgan fingerprint density at radius 3 is 2.05 bits per heavy atom. The first-order chi connectivity index (χ1) is 27.9. The van der Waals surface area contributed by atoms with Gasteiger partial charge in [0.15, 0.2) is 0 Å². The molecule has 4 heteroatoms. The topological polar surface area (TPSA) is 19.6 Å². The maximum atomic E-state index is 7.53. The van der Waals surface area contributed by atoms with E-state index in [1.54, 1.807) is 0 Å². The predicted molar refractivity (Wildman–Crippen MR) is 253 cm³/mol. The van der Waals surface area contributed by atoms with Crippen LogP contribution in [-0.2, 0) is 16.2 Å². The summed E-state index contributed by atoms with van der Waals surface area (Å²) in [6.45, 7) is 25.9. The Balaban J connectivity index is 1.32. The second-order valence-corrected chi connectivity index (χ2v) is 21.3. The van der Waals surface area contributed by atoms with Crippen LogP contribution in [0.2, 0.25) is 0 Å². The van der Waals surface area contributed by atoms with Gasteiger partial charge < -0.3 is 14.2 Å². The highest BCUT2D eigenvalue weighted by atomic mass is 16.3. The number of rotatable bonds is 3. The summed E-state index contributed by atoms with van der Waals surface area (Å²) >= 11 is 0. The lowest BCUT2D eigenvalue weighted by molar-refractivity contribution is 0.332. The second kappa shape index (κ2) is 12.9. The molecule has 0 N–H and O–H groups in total. The SMILES string of the molecule is Cc1cc2c3c(c1)N(C1C=CC(C(C)(C)C)=CC1)c1ccc(C(C)(C)C)cc1B3c1oc3cc4c(cc3c1N2c1ccccc1-c1ccccc1)C(C)(C)CCC4(C)C. The fourth-order valence-electron chi connectivity index (χ4n) is 10.7. The molecule has 2 aliphatic heterocycles. The molecular weight excluding hydrogens is 715 g/mol. The summed E-state index contributed by atoms with van der Waals surface area (Å²) < 4.78 is 7.53. The summed E-state index contributed by atoms with van der Waals surface area (Å²) in [5.74, 6) is 0. The molecule has 0 amide bonds. The van der Waals surface area contributed by atoms with Crippen LogP contribution in [0, 0.1) is 12.3 Å². The molecule has 2 aliphatic carbocycles. The summed E-state index contributed by atoms with van der Waals surface area (Å²) in [6, 6.07) is 37.2. The summed E-state index contributed by atoms with van der Waals surface area (Å²) in [5, 5.41) is 1.20. The highest BCUT2D eigenvalue weighted by Crippen LogP contribution is 2.52. The van der Waals surface area contributed by atoms with E-state index in [2.05, 4.69) is 201 Å². The number of aryl methyl sites for hydroxylation is 1. The molecule has 4 aliphatic rings. The van der Waals surface area contributed by atoms with Gasteiger partial charge in [-0.3, -0.25) is 0 Å². The third-order valence-electron chi connectivity index (χ3n) is 14.2. The normalized spacial score (nSPS) is 18.9. The molecule has 1 atom stereocenters. The number of para-hydroxylation sites is 1. The van der Waals surface area contributed by atoms with Gasteiger partial charge in [-0.15, -0.1) is 0 Å². The lowest BCUT2D eigenvalue weighted by Crippen LogP contribution is -2.62. The van der Waals surface area contributed by atoms with Crippen molar-refractivity contribution in [2.45, 2.75) is 118 Å². The second-order valence-electron chi connectivity index (χ2n) is 21.3. The van der Waals surface area contributed by atoms with E-state index >= 15 is 0 Å². The van der Waals surface area contributed by atoms with E-state index in [1.807, 2.05) is 0 Å². The molecule has 5 aromatic carbocycles. The van der Waals surface area contributed by atoms with E-state index in [1.165, 1.54) is 83.7 Å². The summed E-state index contributed by atoms with van der Waals surface area (Å²) in [5.41, 5.74) is 20.3. The van der Waals surface area contributed by atoms with Crippen LogP contribution in [0.4, 0.5) is 28.4 Å². The molecule has 0 bridgehead atoms. The first-order valence-corrected chi connectivity index (χ1v) is 22.0. The van der Waals surface area contributed by atoms with Gasteiger partial charge in [-0.25, -0.2) is 0 Å². The molecular formula is C55H59BN2O. The van der Waals surface area contributed by atoms with Crippen LogP contribution in [0.1, 0.15) is 111 Å². The van der Waals surface area contributed by atoms with Crippen LogP contribution in [0.5, 0.6) is 0 Å². The number of benzene rings is 5. The number of hydrogen-bond acceptors (Lipinski definition) is 3. The van der Waals surface area contributed by atoms with Gasteiger partial charge in [-0.05, 0) is 129 Å². The standard InChI is InChI=1S/C55H59BN2O/c1-34-29-46-49-47(30-34)58(44-20-16-15-19-39(44)35-17-13-12-14-18-35)50-40-32-41-42(55(10,11)28-27-54(41,8)9)33-48(40)59-51(50)56(49)43-31-37(53(5,6)7)23-26-45(43)57(46)38-24-21-36(22-25-38)52(2,3)4/h12-24,26,29-33,38H,25,27-28H2,1-11H3. The third-order valence-corrected chi connectivity index (χ3v) is 14.2. The molecule has 10 rings (SSSR count). The van der Waals surface area contributed by atoms with Crippen LogP contribution >= 0.6 is 0 Å². The molecule has 1 aromatic heterocycles. The number of anilines is 5. The minimum atomic E-state index is -0.0806. The van der Waals surface area contributed by atoms with Gasteiger partial charge in [0, 0.05) is 28.0 Å². The van der Waals surface area contributed by atoms with Crippen LogP contribution in [0.25, 0.3) is 22.1 Å². The van der Waals surface area contributed by atoms with Gasteiger partial charge in [0.2, 0.25) is 0 Å². The Morgan fingerprint density at radius 1 is 0.695 bits per heavy atom. The average Bonchev–Trinajstić information content (AvgIpc) is 3.57. The molecule has 59 heavy (non-hydrogen) atoms. The fraction of sp³-hybridized carbons (Fsp3) is 0.345. The third kappa shape index (κ3) is 5.91. The molecule has 0 saturated heterocycles. The van der Waals surface area contributed by atoms with Crippen molar-refractivity contribution in [1.82, 2.24) is 0 Å². The molecule has 6 aromatic rings. The quantitative estimate of drug-likeness (QED) is 0.167. The molecule has 3 nitrogen and oxygen atoms in total. The van der Waals surface area contributed by atoms with Crippen molar-refractivity contribution in [3.05, 3.63) is 143 Å². The van der Waals surface area contributed by atoms with Gasteiger partial charge in [0.25, 0.3) is 6.71 Å². The Morgan fingerprint density at radius 2 is 1.37 bits per heavy atom. The van der Waals surface area contributed by atoms with E-state index < -0.39 is 0 Å². The summed E-state index contributed by atoms with van der Waals surface area (Å²) in [4.78, 5) is 5.25. The van der Waals surface area contributed by atoms with Crippen molar-refractivity contribution in [2.75, 3.05) is 9.80 Å². The van der Waals surface area contributed by atoms with E-state index in [4.69, 9.17) is 4.42 Å². The van der Waals surface area contributed by atoms with Crippen molar-refractivity contribution >= 4 is 62.7 Å². The summed E-state index contributed by atoms with van der Waals surface area (Å²) in [6.07, 6.45) is 10.6. The Hall–Kier alpha value is -5.22. The lowest BCUT2D eigenvalue weighted by Gasteiger charge is -2.46. The van der Waals surface area contributed by atoms with E-state index in [9.17, 15) is 0 Å². The van der Waals surface area contributed by atoms with E-state index in [-0.39, 0.29) is 34.4 Å². The maximum absolute atomic E-state index is 7.53. The smallest absolute Gasteiger partial charge is 0.297 e. The van der Waals surface area contributed by atoms with Crippen LogP contribution in [0.3, 0.4) is 0 Å². The number of furan rings is 1. The van der Waals surface area contributed by atoms with Gasteiger partial charge in [0.1, 0.15) is 5.58 Å². The number of fused-ring (bicyclic) bond motifs is 7. The molecule has 0 fully saturated rings. The highest BCUT2D eigenvalue weighted by molar-refractivity contribution is 6.99. The molecule has 0 saturated carbocycles. The zero-order valence-electron chi connectivity index (χ0n) is 37.0. The number of nitrogens with zero attached hydrogens (tertiary/aromatic N) is 2. The monoisotopic (exact) mass is 774 g/mol. The van der Waals surface area contributed by atoms with Crippen molar-refractivity contribution < 1.29 is 4.42 Å². The molecule has 1 unspecified atom stereocenters. The summed E-state index contributed by atoms with van der Waals surface area (Å²) in [7, 11) is 0. The van der Waals surface area contributed by atoms with E-state index in [0.29, 0.717) is 0 Å². The lowest BCUT2D eigenvalue weighted by atomic mass is 9.35. The highest BCUT2D eigenvalue weighted by Gasteiger charge is 2.49. The average molecular weight is 775 g/mol. The predicted octanol–water partition coefficient (Wildman–Crippen LogP) is 13.1. The number of allylic oxidation sites excluding steroid dienone is 2. The van der Waals surface area contributed by atoms with Crippen LogP contribution in [0.15, 0.2) is 125 Å². The van der Waals surface area contributed by atoms with Gasteiger partial charge in [-0.2, -0.15) is 0 Å². The largest absolute Gasteiger partial charge is 0.468 e. The van der Waals surface area contributed by atoms with Crippen molar-refractivity contribution in [2.24, 2.45) is 5.41 Å². The first kappa shape index (κ1) is 38.0. The zero-order chi connectivity index (χ0) is 41.4. The van der Waals surface area contributed by atoms with E-state index in [0.717, 1.165) is 30.5 Å². The maximum Gasteiger partial charge on any atom is 0.297 e. The van der Waals surface area contributed by atoms with Gasteiger partial charge >= 0.3 is 0 Å².